The van der Waals surface area contributed by atoms with Crippen LogP contribution in [0.4, 0.5) is 9.93 Å². The average molecular weight is 293 g/mol. The molecule has 0 aliphatic heterocycles. The lowest BCUT2D eigenvalue weighted by Gasteiger charge is -2.13. The molecular formula is C13H15N3O3S. The highest BCUT2D eigenvalue weighted by Gasteiger charge is 2.08. The number of aliphatic hydroxyl groups is 1. The van der Waals surface area contributed by atoms with Gasteiger partial charge in [0.15, 0.2) is 5.13 Å². The molecule has 20 heavy (non-hydrogen) atoms. The number of amides is 2. The van der Waals surface area contributed by atoms with Crippen molar-refractivity contribution in [1.82, 2.24) is 10.3 Å². The predicted molar refractivity (Wildman–Crippen MR) is 77.1 cm³/mol. The van der Waals surface area contributed by atoms with Crippen LogP contribution in [0.15, 0.2) is 41.9 Å². The van der Waals surface area contributed by atoms with Crippen molar-refractivity contribution in [2.24, 2.45) is 0 Å². The summed E-state index contributed by atoms with van der Waals surface area (Å²) in [5.41, 5.74) is 0. The van der Waals surface area contributed by atoms with Crippen molar-refractivity contribution in [2.45, 2.75) is 6.10 Å². The standard InChI is InChI=1S/C13H15N3O3S/c17-10(9-19-11-4-2-1-3-5-11)8-15-12(18)16-13-14-6-7-20-13/h1-7,10,17H,8-9H2,(H2,14,15,16,18)/t10-/m0/s1. The Hall–Kier alpha value is -2.12. The SMILES string of the molecule is O=C(NC[C@H](O)COc1ccccc1)Nc1nccs1. The van der Waals surface area contributed by atoms with Gasteiger partial charge < -0.3 is 15.2 Å². The number of thiazole rings is 1. The van der Waals surface area contributed by atoms with Crippen LogP contribution in [-0.4, -0.2) is 35.4 Å². The van der Waals surface area contributed by atoms with Gasteiger partial charge >= 0.3 is 6.03 Å². The number of benzene rings is 1. The van der Waals surface area contributed by atoms with Gasteiger partial charge in [0.1, 0.15) is 18.5 Å². The van der Waals surface area contributed by atoms with Crippen LogP contribution in [0, 0.1) is 0 Å². The number of para-hydroxylation sites is 1. The molecule has 2 aromatic rings. The number of hydrogen-bond donors (Lipinski definition) is 3. The van der Waals surface area contributed by atoms with Crippen LogP contribution in [0.1, 0.15) is 0 Å². The van der Waals surface area contributed by atoms with Gasteiger partial charge in [-0.1, -0.05) is 18.2 Å². The Bertz CT molecular complexity index is 519. The first-order chi connectivity index (χ1) is 9.74. The van der Waals surface area contributed by atoms with Gasteiger partial charge in [0.2, 0.25) is 0 Å². The monoisotopic (exact) mass is 293 g/mol. The van der Waals surface area contributed by atoms with E-state index >= 15 is 0 Å². The molecule has 0 saturated heterocycles. The summed E-state index contributed by atoms with van der Waals surface area (Å²) < 4.78 is 5.37. The minimum atomic E-state index is -0.780. The van der Waals surface area contributed by atoms with Crippen molar-refractivity contribution >= 4 is 22.5 Å². The van der Waals surface area contributed by atoms with Crippen LogP contribution in [-0.2, 0) is 0 Å². The number of aromatic nitrogens is 1. The van der Waals surface area contributed by atoms with E-state index in [1.54, 1.807) is 23.7 Å². The lowest BCUT2D eigenvalue weighted by molar-refractivity contribution is 0.108. The molecule has 0 saturated carbocycles. The van der Waals surface area contributed by atoms with Gasteiger partial charge in [-0.15, -0.1) is 11.3 Å². The predicted octanol–water partition coefficient (Wildman–Crippen LogP) is 1.70. The summed E-state index contributed by atoms with van der Waals surface area (Å²) in [5, 5.41) is 17.1. The topological polar surface area (TPSA) is 83.5 Å². The summed E-state index contributed by atoms with van der Waals surface area (Å²) in [6, 6.07) is 8.78. The molecule has 2 amide bonds. The maximum Gasteiger partial charge on any atom is 0.321 e. The van der Waals surface area contributed by atoms with E-state index in [1.807, 2.05) is 18.2 Å². The summed E-state index contributed by atoms with van der Waals surface area (Å²) in [5.74, 6) is 0.679. The third kappa shape index (κ3) is 4.87. The summed E-state index contributed by atoms with van der Waals surface area (Å²) in [6.45, 7) is 0.214. The molecule has 6 nitrogen and oxygen atoms in total. The Balaban J connectivity index is 1.64. The highest BCUT2D eigenvalue weighted by molar-refractivity contribution is 7.13. The van der Waals surface area contributed by atoms with Crippen molar-refractivity contribution in [3.05, 3.63) is 41.9 Å². The van der Waals surface area contributed by atoms with Crippen molar-refractivity contribution in [1.29, 1.82) is 0 Å². The third-order valence-electron chi connectivity index (χ3n) is 2.34. The van der Waals surface area contributed by atoms with Crippen molar-refractivity contribution in [2.75, 3.05) is 18.5 Å². The molecule has 0 spiro atoms. The number of ether oxygens (including phenoxy) is 1. The molecule has 1 heterocycles. The molecule has 1 atom stereocenters. The normalized spacial score (nSPS) is 11.7. The minimum Gasteiger partial charge on any atom is -0.491 e. The second kappa shape index (κ2) is 7.46. The molecule has 0 fully saturated rings. The van der Waals surface area contributed by atoms with Crippen LogP contribution >= 0.6 is 11.3 Å². The first-order valence-corrected chi connectivity index (χ1v) is 6.92. The number of carbonyl (C=O) groups excluding carboxylic acids is 1. The van der Waals surface area contributed by atoms with E-state index in [1.165, 1.54) is 11.3 Å². The van der Waals surface area contributed by atoms with E-state index in [9.17, 15) is 9.90 Å². The Morgan fingerprint density at radius 3 is 2.90 bits per heavy atom. The second-order valence-electron chi connectivity index (χ2n) is 3.95. The van der Waals surface area contributed by atoms with Crippen LogP contribution in [0.2, 0.25) is 0 Å². The quantitative estimate of drug-likeness (QED) is 0.757. The third-order valence-corrected chi connectivity index (χ3v) is 3.03. The van der Waals surface area contributed by atoms with Gasteiger partial charge in [0, 0.05) is 18.1 Å². The number of nitrogens with one attached hydrogen (secondary N) is 2. The molecule has 7 heteroatoms. The van der Waals surface area contributed by atoms with Crippen LogP contribution < -0.4 is 15.4 Å². The molecule has 0 unspecified atom stereocenters. The number of carbonyl (C=O) groups is 1. The first kappa shape index (κ1) is 14.3. The fourth-order valence-corrected chi connectivity index (χ4v) is 1.93. The average Bonchev–Trinajstić information content (AvgIpc) is 2.97. The van der Waals surface area contributed by atoms with Crippen molar-refractivity contribution in [3.8, 4) is 5.75 Å². The fourth-order valence-electron chi connectivity index (χ4n) is 1.41. The molecule has 106 valence electrons. The zero-order valence-corrected chi connectivity index (χ0v) is 11.5. The second-order valence-corrected chi connectivity index (χ2v) is 4.84. The number of aliphatic hydroxyl groups excluding tert-OH is 1. The molecule has 2 rings (SSSR count). The zero-order valence-electron chi connectivity index (χ0n) is 10.7. The highest BCUT2D eigenvalue weighted by atomic mass is 32.1. The van der Waals surface area contributed by atoms with Crippen LogP contribution in [0.5, 0.6) is 5.75 Å². The van der Waals surface area contributed by atoms with Gasteiger partial charge in [-0.05, 0) is 12.1 Å². The summed E-state index contributed by atoms with van der Waals surface area (Å²) in [6.07, 6.45) is 0.820. The molecular weight excluding hydrogens is 278 g/mol. The van der Waals surface area contributed by atoms with Crippen LogP contribution in [0.25, 0.3) is 0 Å². The van der Waals surface area contributed by atoms with Gasteiger partial charge in [-0.2, -0.15) is 0 Å². The minimum absolute atomic E-state index is 0.101. The summed E-state index contributed by atoms with van der Waals surface area (Å²) in [4.78, 5) is 15.4. The smallest absolute Gasteiger partial charge is 0.321 e. The van der Waals surface area contributed by atoms with E-state index in [0.717, 1.165) is 0 Å². The zero-order chi connectivity index (χ0) is 14.2. The number of rotatable bonds is 6. The lowest BCUT2D eigenvalue weighted by atomic mass is 10.3. The molecule has 1 aromatic heterocycles. The van der Waals surface area contributed by atoms with Gasteiger partial charge in [-0.3, -0.25) is 5.32 Å². The maximum absolute atomic E-state index is 11.5. The summed E-state index contributed by atoms with van der Waals surface area (Å²) in [7, 11) is 0. The molecule has 1 aromatic carbocycles. The van der Waals surface area contributed by atoms with E-state index in [2.05, 4.69) is 15.6 Å². The number of nitrogens with zero attached hydrogens (tertiary/aromatic N) is 1. The van der Waals surface area contributed by atoms with Gasteiger partial charge in [0.05, 0.1) is 0 Å². The van der Waals surface area contributed by atoms with Crippen LogP contribution in [0.3, 0.4) is 0 Å². The number of anilines is 1. The maximum atomic E-state index is 11.5. The van der Waals surface area contributed by atoms with Gasteiger partial charge in [0.25, 0.3) is 0 Å². The van der Waals surface area contributed by atoms with E-state index in [-0.39, 0.29) is 13.2 Å². The highest BCUT2D eigenvalue weighted by Crippen LogP contribution is 2.10. The lowest BCUT2D eigenvalue weighted by Crippen LogP contribution is -2.37. The Labute approximate surface area is 120 Å². The Morgan fingerprint density at radius 1 is 1.40 bits per heavy atom. The van der Waals surface area contributed by atoms with Gasteiger partial charge in [-0.25, -0.2) is 9.78 Å². The van der Waals surface area contributed by atoms with E-state index in [0.29, 0.717) is 10.9 Å². The summed E-state index contributed by atoms with van der Waals surface area (Å²) >= 11 is 1.32. The molecule has 0 aliphatic carbocycles. The number of urea groups is 1. The Morgan fingerprint density at radius 2 is 2.20 bits per heavy atom. The molecule has 3 N–H and O–H groups in total. The molecule has 0 bridgehead atoms. The molecule has 0 radical (unpaired) electrons. The van der Waals surface area contributed by atoms with Crippen molar-refractivity contribution in [3.63, 3.8) is 0 Å². The Kier molecular flexibility index (Phi) is 5.33. The fraction of sp³-hybridized carbons (Fsp3) is 0.231. The van der Waals surface area contributed by atoms with Crippen molar-refractivity contribution < 1.29 is 14.6 Å². The first-order valence-electron chi connectivity index (χ1n) is 6.04. The van der Waals surface area contributed by atoms with E-state index < -0.39 is 12.1 Å². The van der Waals surface area contributed by atoms with E-state index in [4.69, 9.17) is 4.74 Å². The largest absolute Gasteiger partial charge is 0.491 e. The number of hydrogen-bond acceptors (Lipinski definition) is 5. The molecule has 0 aliphatic rings.